The molecule has 0 aliphatic heterocycles. The van der Waals surface area contributed by atoms with Gasteiger partial charge in [0.05, 0.1) is 5.56 Å². The minimum Gasteiger partial charge on any atom is -0.434 e. The quantitative estimate of drug-likeness (QED) is 0.834. The van der Waals surface area contributed by atoms with E-state index in [1.165, 1.54) is 0 Å². The molecule has 0 aliphatic carbocycles. The molecule has 106 valence electrons. The van der Waals surface area contributed by atoms with E-state index in [1.807, 2.05) is 0 Å². The number of rotatable bonds is 6. The summed E-state index contributed by atoms with van der Waals surface area (Å²) in [5, 5.41) is 2.50. The Bertz CT molecular complexity index is 439. The molecular weight excluding hydrogens is 261 g/mol. The van der Waals surface area contributed by atoms with E-state index in [0.29, 0.717) is 13.0 Å². The molecule has 0 saturated heterocycles. The van der Waals surface area contributed by atoms with E-state index in [0.717, 1.165) is 18.2 Å². The van der Waals surface area contributed by atoms with Crippen molar-refractivity contribution in [2.45, 2.75) is 26.0 Å². The fourth-order valence-electron chi connectivity index (χ4n) is 1.39. The summed E-state index contributed by atoms with van der Waals surface area (Å²) in [5.74, 6) is -1.87. The molecule has 1 atom stereocenters. The standard InChI is InChI=1S/C12H15F3N2O2/c1-7(16)4-5-17-11(18)9-3-2-8(13)6-10(9)19-12(14)15/h2-3,6-7,12H,4-5,16H2,1H3,(H,17,18). The molecule has 3 N–H and O–H groups in total. The van der Waals surface area contributed by atoms with Gasteiger partial charge in [-0.3, -0.25) is 4.79 Å². The van der Waals surface area contributed by atoms with Gasteiger partial charge in [0, 0.05) is 18.7 Å². The second-order valence-electron chi connectivity index (χ2n) is 4.04. The summed E-state index contributed by atoms with van der Waals surface area (Å²) in [4.78, 5) is 11.7. The van der Waals surface area contributed by atoms with Gasteiger partial charge in [0.1, 0.15) is 11.6 Å². The average Bonchev–Trinajstić information content (AvgIpc) is 2.27. The highest BCUT2D eigenvalue weighted by Gasteiger charge is 2.16. The van der Waals surface area contributed by atoms with Crippen LogP contribution in [0, 0.1) is 5.82 Å². The zero-order chi connectivity index (χ0) is 14.4. The van der Waals surface area contributed by atoms with Crippen molar-refractivity contribution < 1.29 is 22.7 Å². The second-order valence-corrected chi connectivity index (χ2v) is 4.04. The maximum absolute atomic E-state index is 12.9. The van der Waals surface area contributed by atoms with Crippen LogP contribution in [0.5, 0.6) is 5.75 Å². The minimum absolute atomic E-state index is 0.0923. The van der Waals surface area contributed by atoms with Gasteiger partial charge in [-0.1, -0.05) is 0 Å². The van der Waals surface area contributed by atoms with Crippen molar-refractivity contribution in [2.75, 3.05) is 6.54 Å². The summed E-state index contributed by atoms with van der Waals surface area (Å²) >= 11 is 0. The normalized spacial score (nSPS) is 12.3. The molecule has 0 aromatic heterocycles. The smallest absolute Gasteiger partial charge is 0.387 e. The van der Waals surface area contributed by atoms with E-state index >= 15 is 0 Å². The first-order valence-corrected chi connectivity index (χ1v) is 5.68. The Hall–Kier alpha value is -1.76. The predicted octanol–water partition coefficient (Wildman–Crippen LogP) is 1.89. The van der Waals surface area contributed by atoms with Crippen molar-refractivity contribution in [3.63, 3.8) is 0 Å². The summed E-state index contributed by atoms with van der Waals surface area (Å²) in [6.45, 7) is -1.06. The lowest BCUT2D eigenvalue weighted by molar-refractivity contribution is -0.0503. The van der Waals surface area contributed by atoms with Crippen LogP contribution in [0.25, 0.3) is 0 Å². The van der Waals surface area contributed by atoms with Gasteiger partial charge in [-0.25, -0.2) is 4.39 Å². The fourth-order valence-corrected chi connectivity index (χ4v) is 1.39. The maximum Gasteiger partial charge on any atom is 0.387 e. The molecule has 19 heavy (non-hydrogen) atoms. The Labute approximate surface area is 108 Å². The van der Waals surface area contributed by atoms with Crippen molar-refractivity contribution >= 4 is 5.91 Å². The Morgan fingerprint density at radius 1 is 1.47 bits per heavy atom. The zero-order valence-electron chi connectivity index (χ0n) is 10.3. The maximum atomic E-state index is 12.9. The number of carbonyl (C=O) groups is 1. The van der Waals surface area contributed by atoms with Crippen molar-refractivity contribution in [3.05, 3.63) is 29.6 Å². The number of halogens is 3. The summed E-state index contributed by atoms with van der Waals surface area (Å²) in [6.07, 6.45) is 0.540. The SMILES string of the molecule is CC(N)CCNC(=O)c1ccc(F)cc1OC(F)F. The Kier molecular flexibility index (Phi) is 5.62. The van der Waals surface area contributed by atoms with Gasteiger partial charge >= 0.3 is 6.61 Å². The third-order valence-corrected chi connectivity index (χ3v) is 2.29. The topological polar surface area (TPSA) is 64.3 Å². The third-order valence-electron chi connectivity index (χ3n) is 2.29. The van der Waals surface area contributed by atoms with E-state index < -0.39 is 24.1 Å². The van der Waals surface area contributed by atoms with E-state index in [1.54, 1.807) is 6.92 Å². The van der Waals surface area contributed by atoms with Gasteiger partial charge in [-0.2, -0.15) is 8.78 Å². The number of alkyl halides is 2. The van der Waals surface area contributed by atoms with Crippen molar-refractivity contribution in [1.82, 2.24) is 5.32 Å². The molecule has 0 bridgehead atoms. The van der Waals surface area contributed by atoms with Crippen LogP contribution >= 0.6 is 0 Å². The lowest BCUT2D eigenvalue weighted by Gasteiger charge is -2.11. The van der Waals surface area contributed by atoms with Crippen LogP contribution in [-0.4, -0.2) is 25.1 Å². The second kappa shape index (κ2) is 6.98. The lowest BCUT2D eigenvalue weighted by atomic mass is 10.1. The van der Waals surface area contributed by atoms with Crippen LogP contribution in [0.15, 0.2) is 18.2 Å². The molecule has 0 heterocycles. The summed E-state index contributed by atoms with van der Waals surface area (Å²) in [7, 11) is 0. The van der Waals surface area contributed by atoms with E-state index in [2.05, 4.69) is 10.1 Å². The first-order chi connectivity index (χ1) is 8.90. The van der Waals surface area contributed by atoms with Gasteiger partial charge in [0.25, 0.3) is 5.91 Å². The van der Waals surface area contributed by atoms with Crippen molar-refractivity contribution in [1.29, 1.82) is 0 Å². The first-order valence-electron chi connectivity index (χ1n) is 5.68. The third kappa shape index (κ3) is 5.17. The van der Waals surface area contributed by atoms with Crippen LogP contribution in [-0.2, 0) is 0 Å². The molecule has 1 rings (SSSR count). The molecule has 4 nitrogen and oxygen atoms in total. The molecule has 0 spiro atoms. The van der Waals surface area contributed by atoms with Crippen LogP contribution in [0.1, 0.15) is 23.7 Å². The van der Waals surface area contributed by atoms with Gasteiger partial charge < -0.3 is 15.8 Å². The highest BCUT2D eigenvalue weighted by molar-refractivity contribution is 5.96. The molecule has 0 aliphatic rings. The number of ether oxygens (including phenoxy) is 1. The largest absolute Gasteiger partial charge is 0.434 e. The van der Waals surface area contributed by atoms with Crippen molar-refractivity contribution in [3.8, 4) is 5.75 Å². The van der Waals surface area contributed by atoms with E-state index in [-0.39, 0.29) is 11.6 Å². The van der Waals surface area contributed by atoms with E-state index in [9.17, 15) is 18.0 Å². The number of carbonyl (C=O) groups excluding carboxylic acids is 1. The summed E-state index contributed by atoms with van der Waals surface area (Å²) in [6, 6.07) is 2.74. The molecule has 1 unspecified atom stereocenters. The van der Waals surface area contributed by atoms with Crippen LogP contribution in [0.4, 0.5) is 13.2 Å². The van der Waals surface area contributed by atoms with E-state index in [4.69, 9.17) is 5.73 Å². The monoisotopic (exact) mass is 276 g/mol. The van der Waals surface area contributed by atoms with Crippen LogP contribution in [0.2, 0.25) is 0 Å². The van der Waals surface area contributed by atoms with Gasteiger partial charge in [0.15, 0.2) is 0 Å². The Balaban J connectivity index is 2.77. The van der Waals surface area contributed by atoms with Gasteiger partial charge in [-0.05, 0) is 25.5 Å². The highest BCUT2D eigenvalue weighted by atomic mass is 19.3. The fraction of sp³-hybridized carbons (Fsp3) is 0.417. The molecular formula is C12H15F3N2O2. The number of amides is 1. The molecule has 0 radical (unpaired) electrons. The predicted molar refractivity (Wildman–Crippen MR) is 63.6 cm³/mol. The molecule has 1 amide bonds. The van der Waals surface area contributed by atoms with Crippen molar-refractivity contribution in [2.24, 2.45) is 5.73 Å². The zero-order valence-corrected chi connectivity index (χ0v) is 10.3. The molecule has 7 heteroatoms. The van der Waals surface area contributed by atoms with Gasteiger partial charge in [0.2, 0.25) is 0 Å². The minimum atomic E-state index is -3.13. The first kappa shape index (κ1) is 15.3. The molecule has 1 aromatic rings. The lowest BCUT2D eigenvalue weighted by Crippen LogP contribution is -2.29. The number of hydrogen-bond acceptors (Lipinski definition) is 3. The number of hydrogen-bond donors (Lipinski definition) is 2. The number of nitrogens with two attached hydrogens (primary N) is 1. The van der Waals surface area contributed by atoms with Crippen LogP contribution in [0.3, 0.4) is 0 Å². The summed E-state index contributed by atoms with van der Waals surface area (Å²) in [5.41, 5.74) is 5.36. The molecule has 0 fully saturated rings. The number of benzene rings is 1. The Morgan fingerprint density at radius 3 is 2.74 bits per heavy atom. The number of nitrogens with one attached hydrogen (secondary N) is 1. The highest BCUT2D eigenvalue weighted by Crippen LogP contribution is 2.22. The average molecular weight is 276 g/mol. The van der Waals surface area contributed by atoms with Crippen LogP contribution < -0.4 is 15.8 Å². The summed E-state index contributed by atoms with van der Waals surface area (Å²) < 4.78 is 41.4. The van der Waals surface area contributed by atoms with Gasteiger partial charge in [-0.15, -0.1) is 0 Å². The molecule has 0 saturated carbocycles. The Morgan fingerprint density at radius 2 is 2.16 bits per heavy atom. The molecule has 1 aromatic carbocycles.